The summed E-state index contributed by atoms with van der Waals surface area (Å²) >= 11 is 0. The van der Waals surface area contributed by atoms with Crippen LogP contribution in [0.15, 0.2) is 59.5 Å². The second-order valence-corrected chi connectivity index (χ2v) is 7.48. The molecule has 0 atom stereocenters. The Kier molecular flexibility index (Phi) is 4.34. The summed E-state index contributed by atoms with van der Waals surface area (Å²) in [5.74, 6) is -0.0668. The van der Waals surface area contributed by atoms with Crippen molar-refractivity contribution in [3.63, 3.8) is 0 Å². The molecule has 1 aliphatic rings. The molecule has 2 aromatic rings. The predicted molar refractivity (Wildman–Crippen MR) is 87.6 cm³/mol. The van der Waals surface area contributed by atoms with Crippen molar-refractivity contribution in [1.82, 2.24) is 10.2 Å². The number of nitrogens with zero attached hydrogens (tertiary/aromatic N) is 1. The molecule has 0 aliphatic carbocycles. The number of carbonyl (C=O) groups excluding carboxylic acids is 1. The van der Waals surface area contributed by atoms with Crippen LogP contribution in [-0.4, -0.2) is 32.4 Å². The number of carbonyl (C=O) groups is 1. The summed E-state index contributed by atoms with van der Waals surface area (Å²) in [6.45, 7) is 1.69. The number of benzene rings is 2. The normalized spacial score (nSPS) is 14.8. The molecule has 2 aromatic carbocycles. The molecule has 3 rings (SSSR count). The van der Waals surface area contributed by atoms with Gasteiger partial charge in [-0.05, 0) is 23.3 Å². The van der Waals surface area contributed by atoms with E-state index in [4.69, 9.17) is 0 Å². The number of rotatable bonds is 5. The van der Waals surface area contributed by atoms with Crippen LogP contribution in [0.5, 0.6) is 0 Å². The highest BCUT2D eigenvalue weighted by atomic mass is 32.2. The largest absolute Gasteiger partial charge is 0.336 e. The molecular weight excluding hydrogens is 312 g/mol. The highest BCUT2D eigenvalue weighted by molar-refractivity contribution is 7.90. The molecule has 5 nitrogen and oxygen atoms in total. The molecule has 2 amide bonds. The van der Waals surface area contributed by atoms with Crippen LogP contribution in [0.1, 0.15) is 11.1 Å². The van der Waals surface area contributed by atoms with E-state index < -0.39 is 9.84 Å². The minimum atomic E-state index is -3.40. The van der Waals surface area contributed by atoms with Gasteiger partial charge in [0.25, 0.3) is 0 Å². The molecule has 1 heterocycles. The SMILES string of the molecule is O=C1NCCN1Cc1ccccc1CS(=O)(=O)c1ccccc1. The molecule has 0 aromatic heterocycles. The van der Waals surface area contributed by atoms with Gasteiger partial charge < -0.3 is 10.2 Å². The van der Waals surface area contributed by atoms with Crippen molar-refractivity contribution >= 4 is 15.9 Å². The third-order valence-electron chi connectivity index (χ3n) is 3.87. The second-order valence-electron chi connectivity index (χ2n) is 5.49. The fraction of sp³-hybridized carbons (Fsp3) is 0.235. The molecule has 0 spiro atoms. The zero-order valence-corrected chi connectivity index (χ0v) is 13.4. The number of urea groups is 1. The summed E-state index contributed by atoms with van der Waals surface area (Å²) in [5, 5.41) is 2.75. The Morgan fingerprint density at radius 2 is 1.61 bits per heavy atom. The monoisotopic (exact) mass is 330 g/mol. The highest BCUT2D eigenvalue weighted by Gasteiger charge is 2.22. The lowest BCUT2D eigenvalue weighted by Crippen LogP contribution is -2.28. The van der Waals surface area contributed by atoms with Gasteiger partial charge in [-0.3, -0.25) is 0 Å². The molecule has 1 N–H and O–H groups in total. The van der Waals surface area contributed by atoms with Gasteiger partial charge in [0.15, 0.2) is 9.84 Å². The molecule has 120 valence electrons. The number of sulfone groups is 1. The van der Waals surface area contributed by atoms with Gasteiger partial charge in [0, 0.05) is 19.6 Å². The number of nitrogens with one attached hydrogen (secondary N) is 1. The Balaban J connectivity index is 1.85. The summed E-state index contributed by atoms with van der Waals surface area (Å²) < 4.78 is 25.1. The Morgan fingerprint density at radius 3 is 2.26 bits per heavy atom. The maximum absolute atomic E-state index is 12.6. The van der Waals surface area contributed by atoms with E-state index >= 15 is 0 Å². The maximum atomic E-state index is 12.6. The average Bonchev–Trinajstić information content (AvgIpc) is 2.95. The van der Waals surface area contributed by atoms with Crippen LogP contribution in [0.4, 0.5) is 4.79 Å². The van der Waals surface area contributed by atoms with Gasteiger partial charge >= 0.3 is 6.03 Å². The molecule has 0 radical (unpaired) electrons. The molecule has 1 fully saturated rings. The molecular formula is C17H18N2O3S. The molecule has 0 bridgehead atoms. The highest BCUT2D eigenvalue weighted by Crippen LogP contribution is 2.20. The van der Waals surface area contributed by atoms with Crippen molar-refractivity contribution in [3.8, 4) is 0 Å². The lowest BCUT2D eigenvalue weighted by Gasteiger charge is -2.17. The first-order chi connectivity index (χ1) is 11.1. The van der Waals surface area contributed by atoms with Gasteiger partial charge in [-0.2, -0.15) is 0 Å². The summed E-state index contributed by atoms with van der Waals surface area (Å²) in [5.41, 5.74) is 1.60. The van der Waals surface area contributed by atoms with Gasteiger partial charge in [0.05, 0.1) is 10.6 Å². The fourth-order valence-electron chi connectivity index (χ4n) is 2.64. The van der Waals surface area contributed by atoms with Gasteiger partial charge in [-0.1, -0.05) is 42.5 Å². The zero-order chi connectivity index (χ0) is 16.3. The van der Waals surface area contributed by atoms with Crippen molar-refractivity contribution in [2.75, 3.05) is 13.1 Å². The summed E-state index contributed by atoms with van der Waals surface area (Å²) in [6.07, 6.45) is 0. The van der Waals surface area contributed by atoms with Crippen molar-refractivity contribution in [1.29, 1.82) is 0 Å². The maximum Gasteiger partial charge on any atom is 0.317 e. The Morgan fingerprint density at radius 1 is 0.957 bits per heavy atom. The van der Waals surface area contributed by atoms with Crippen molar-refractivity contribution in [2.24, 2.45) is 0 Å². The van der Waals surface area contributed by atoms with Crippen LogP contribution in [0, 0.1) is 0 Å². The van der Waals surface area contributed by atoms with Gasteiger partial charge in [-0.15, -0.1) is 0 Å². The lowest BCUT2D eigenvalue weighted by atomic mass is 10.1. The second kappa shape index (κ2) is 6.42. The molecule has 0 saturated carbocycles. The fourth-order valence-corrected chi connectivity index (χ4v) is 4.07. The Bertz CT molecular complexity index is 804. The van der Waals surface area contributed by atoms with Crippen LogP contribution in [0.3, 0.4) is 0 Å². The third-order valence-corrected chi connectivity index (χ3v) is 5.55. The topological polar surface area (TPSA) is 66.5 Å². The van der Waals surface area contributed by atoms with E-state index in [0.29, 0.717) is 24.5 Å². The predicted octanol–water partition coefficient (Wildman–Crippen LogP) is 2.19. The minimum Gasteiger partial charge on any atom is -0.336 e. The van der Waals surface area contributed by atoms with E-state index in [9.17, 15) is 13.2 Å². The van der Waals surface area contributed by atoms with E-state index in [1.807, 2.05) is 24.3 Å². The third kappa shape index (κ3) is 3.53. The van der Waals surface area contributed by atoms with Crippen molar-refractivity contribution in [2.45, 2.75) is 17.2 Å². The lowest BCUT2D eigenvalue weighted by molar-refractivity contribution is 0.215. The summed E-state index contributed by atoms with van der Waals surface area (Å²) in [7, 11) is -3.40. The minimum absolute atomic E-state index is 0.0668. The number of amides is 2. The van der Waals surface area contributed by atoms with Crippen molar-refractivity contribution in [3.05, 3.63) is 65.7 Å². The average molecular weight is 330 g/mol. The Labute approximate surface area is 135 Å². The Hall–Kier alpha value is -2.34. The van der Waals surface area contributed by atoms with Crippen LogP contribution < -0.4 is 5.32 Å². The van der Waals surface area contributed by atoms with E-state index in [0.717, 1.165) is 11.1 Å². The smallest absolute Gasteiger partial charge is 0.317 e. The first kappa shape index (κ1) is 15.6. The van der Waals surface area contributed by atoms with Gasteiger partial charge in [0.1, 0.15) is 0 Å². The molecule has 6 heteroatoms. The quantitative estimate of drug-likeness (QED) is 0.914. The van der Waals surface area contributed by atoms with Crippen molar-refractivity contribution < 1.29 is 13.2 Å². The van der Waals surface area contributed by atoms with E-state index in [-0.39, 0.29) is 11.8 Å². The van der Waals surface area contributed by atoms with Crippen LogP contribution >= 0.6 is 0 Å². The van der Waals surface area contributed by atoms with Gasteiger partial charge in [-0.25, -0.2) is 13.2 Å². The van der Waals surface area contributed by atoms with Gasteiger partial charge in [0.2, 0.25) is 0 Å². The number of hydrogen-bond acceptors (Lipinski definition) is 3. The molecule has 1 saturated heterocycles. The molecule has 1 aliphatic heterocycles. The first-order valence-corrected chi connectivity index (χ1v) is 9.09. The van der Waals surface area contributed by atoms with E-state index in [1.165, 1.54) is 0 Å². The standard InChI is InChI=1S/C17H18N2O3S/c20-17-18-10-11-19(17)12-14-6-4-5-7-15(14)13-23(21,22)16-8-2-1-3-9-16/h1-9H,10-13H2,(H,18,20). The van der Waals surface area contributed by atoms with E-state index in [1.54, 1.807) is 35.2 Å². The van der Waals surface area contributed by atoms with E-state index in [2.05, 4.69) is 5.32 Å². The molecule has 0 unspecified atom stereocenters. The summed E-state index contributed by atoms with van der Waals surface area (Å²) in [4.78, 5) is 13.7. The zero-order valence-electron chi connectivity index (χ0n) is 12.6. The molecule has 23 heavy (non-hydrogen) atoms. The summed E-state index contributed by atoms with van der Waals surface area (Å²) in [6, 6.07) is 15.7. The number of hydrogen-bond donors (Lipinski definition) is 1. The first-order valence-electron chi connectivity index (χ1n) is 7.44. The van der Waals surface area contributed by atoms with Crippen LogP contribution in [0.25, 0.3) is 0 Å². The van der Waals surface area contributed by atoms with Crippen LogP contribution in [0.2, 0.25) is 0 Å². The van der Waals surface area contributed by atoms with Crippen LogP contribution in [-0.2, 0) is 22.1 Å².